The van der Waals surface area contributed by atoms with E-state index in [2.05, 4.69) is 11.8 Å². The number of aliphatic hydroxyl groups is 1. The van der Waals surface area contributed by atoms with Crippen LogP contribution in [0.4, 0.5) is 8.78 Å². The number of benzene rings is 3. The Labute approximate surface area is 239 Å². The third kappa shape index (κ3) is 6.60. The molecule has 0 saturated heterocycles. The van der Waals surface area contributed by atoms with E-state index >= 15 is 0 Å². The largest absolute Gasteiger partial charge is 0.487 e. The van der Waals surface area contributed by atoms with Gasteiger partial charge in [-0.15, -0.1) is 0 Å². The zero-order chi connectivity index (χ0) is 29.9. The summed E-state index contributed by atoms with van der Waals surface area (Å²) in [5.74, 6) is 3.75. The third-order valence-corrected chi connectivity index (χ3v) is 10.7. The molecule has 1 aliphatic heterocycles. The molecule has 0 unspecified atom stereocenters. The summed E-state index contributed by atoms with van der Waals surface area (Å²) in [5.41, 5.74) is 0.795. The summed E-state index contributed by atoms with van der Waals surface area (Å²) in [4.78, 5) is -0.667. The van der Waals surface area contributed by atoms with Gasteiger partial charge in [0.25, 0.3) is 0 Å². The number of sulfonamides is 2. The molecule has 1 aliphatic rings. The van der Waals surface area contributed by atoms with Crippen LogP contribution in [0.3, 0.4) is 0 Å². The molecule has 3 aromatic rings. The number of ether oxygens (including phenoxy) is 1. The Balaban J connectivity index is 1.76. The number of nitrogens with zero attached hydrogens (tertiary/aromatic N) is 2. The van der Waals surface area contributed by atoms with Crippen molar-refractivity contribution >= 4 is 20.0 Å². The van der Waals surface area contributed by atoms with Crippen molar-refractivity contribution in [3.8, 4) is 17.6 Å². The average molecular weight is 605 g/mol. The maximum atomic E-state index is 14.4. The van der Waals surface area contributed by atoms with E-state index in [0.29, 0.717) is 11.1 Å². The number of likely N-dealkylation sites (N-methyl/N-ethyl adjacent to an activating group) is 1. The van der Waals surface area contributed by atoms with Crippen molar-refractivity contribution < 1.29 is 35.5 Å². The van der Waals surface area contributed by atoms with E-state index in [1.807, 2.05) is 0 Å². The number of rotatable bonds is 6. The molecule has 0 fully saturated rings. The van der Waals surface area contributed by atoms with E-state index in [4.69, 9.17) is 4.74 Å². The van der Waals surface area contributed by atoms with Crippen LogP contribution < -0.4 is 4.74 Å². The summed E-state index contributed by atoms with van der Waals surface area (Å²) in [7, 11) is -7.09. The molecule has 1 heterocycles. The molecule has 41 heavy (non-hydrogen) atoms. The molecule has 8 nitrogen and oxygen atoms in total. The molecule has 0 saturated carbocycles. The first kappa shape index (κ1) is 30.6. The molecule has 0 bridgehead atoms. The second-order valence-electron chi connectivity index (χ2n) is 9.88. The summed E-state index contributed by atoms with van der Waals surface area (Å²) in [5, 5.41) is 9.82. The topological polar surface area (TPSA) is 104 Å². The predicted octanol–water partition coefficient (Wildman–Crippen LogP) is 3.45. The van der Waals surface area contributed by atoms with Crippen LogP contribution in [-0.2, 0) is 20.0 Å². The van der Waals surface area contributed by atoms with Crippen molar-refractivity contribution in [1.82, 2.24) is 8.61 Å². The van der Waals surface area contributed by atoms with Gasteiger partial charge in [-0.25, -0.2) is 25.6 Å². The van der Waals surface area contributed by atoms with Crippen LogP contribution in [0.2, 0.25) is 0 Å². The summed E-state index contributed by atoms with van der Waals surface area (Å²) in [6, 6.07) is 14.2. The van der Waals surface area contributed by atoms with Gasteiger partial charge in [-0.3, -0.25) is 0 Å². The SMILES string of the molecule is C[C@H](CO)N1C[C@H](C)[C@H](CN(C)S(=O)(=O)c2ccccc2F)Oc2cc(C#Cc3cccc(F)c3)ccc2S1(=O)=O. The first-order valence-corrected chi connectivity index (χ1v) is 15.6. The minimum atomic E-state index is -4.25. The maximum Gasteiger partial charge on any atom is 0.247 e. The Morgan fingerprint density at radius 2 is 1.76 bits per heavy atom. The lowest BCUT2D eigenvalue weighted by Crippen LogP contribution is -2.50. The van der Waals surface area contributed by atoms with E-state index < -0.39 is 61.2 Å². The van der Waals surface area contributed by atoms with E-state index in [9.17, 15) is 30.7 Å². The van der Waals surface area contributed by atoms with Crippen molar-refractivity contribution in [2.24, 2.45) is 5.92 Å². The Morgan fingerprint density at radius 3 is 2.41 bits per heavy atom. The monoisotopic (exact) mass is 604 g/mol. The second-order valence-corrected chi connectivity index (χ2v) is 13.8. The average Bonchev–Trinajstić information content (AvgIpc) is 2.93. The predicted molar refractivity (Wildman–Crippen MR) is 149 cm³/mol. The standard InChI is InChI=1S/C29H30F2N2O6S2/c1-20-17-33(21(2)19-34)41(37,38)29-14-13-23(12-11-22-7-6-8-24(30)15-22)16-26(29)39-27(20)18-32(3)40(35,36)28-10-5-4-9-25(28)31/h4-10,13-16,20-21,27,34H,17-19H2,1-3H3/t20-,21+,27-/m0/s1. The van der Waals surface area contributed by atoms with Crippen molar-refractivity contribution in [1.29, 1.82) is 0 Å². The van der Waals surface area contributed by atoms with Gasteiger partial charge in [-0.05, 0) is 55.5 Å². The molecule has 0 aromatic heterocycles. The first-order chi connectivity index (χ1) is 19.3. The van der Waals surface area contributed by atoms with Crippen LogP contribution in [0.15, 0.2) is 76.5 Å². The molecule has 218 valence electrons. The molecular weight excluding hydrogens is 574 g/mol. The number of hydrogen-bond donors (Lipinski definition) is 1. The highest BCUT2D eigenvalue weighted by molar-refractivity contribution is 7.89. The number of hydrogen-bond acceptors (Lipinski definition) is 6. The molecule has 3 atom stereocenters. The molecular formula is C29H30F2N2O6S2. The number of halogens is 2. The molecule has 0 amide bonds. The number of fused-ring (bicyclic) bond motifs is 1. The van der Waals surface area contributed by atoms with Crippen LogP contribution >= 0.6 is 0 Å². The molecule has 12 heteroatoms. The van der Waals surface area contributed by atoms with Gasteiger partial charge >= 0.3 is 0 Å². The highest BCUT2D eigenvalue weighted by Crippen LogP contribution is 2.34. The minimum absolute atomic E-state index is 0.0561. The van der Waals surface area contributed by atoms with Crippen molar-refractivity contribution in [3.05, 3.63) is 89.5 Å². The molecule has 0 radical (unpaired) electrons. The van der Waals surface area contributed by atoms with E-state index in [1.165, 1.54) is 61.6 Å². The van der Waals surface area contributed by atoms with Crippen LogP contribution in [0.1, 0.15) is 25.0 Å². The van der Waals surface area contributed by atoms with Gasteiger partial charge < -0.3 is 9.84 Å². The van der Waals surface area contributed by atoms with Gasteiger partial charge in [0.15, 0.2) is 0 Å². The van der Waals surface area contributed by atoms with Crippen molar-refractivity contribution in [2.45, 2.75) is 35.8 Å². The van der Waals surface area contributed by atoms with Gasteiger partial charge in [0.05, 0.1) is 13.2 Å². The van der Waals surface area contributed by atoms with Gasteiger partial charge in [-0.2, -0.15) is 8.61 Å². The second kappa shape index (κ2) is 12.3. The Morgan fingerprint density at radius 1 is 1.07 bits per heavy atom. The Hall–Kier alpha value is -3.34. The fourth-order valence-electron chi connectivity index (χ4n) is 4.41. The quantitative estimate of drug-likeness (QED) is 0.433. The van der Waals surface area contributed by atoms with E-state index in [0.717, 1.165) is 14.7 Å². The summed E-state index contributed by atoms with van der Waals surface area (Å²) >= 11 is 0. The maximum absolute atomic E-state index is 14.4. The highest BCUT2D eigenvalue weighted by Gasteiger charge is 2.39. The molecule has 0 spiro atoms. The smallest absolute Gasteiger partial charge is 0.247 e. The normalized spacial score (nSPS) is 19.7. The summed E-state index contributed by atoms with van der Waals surface area (Å²) < 4.78 is 90.0. The van der Waals surface area contributed by atoms with Crippen LogP contribution in [0.5, 0.6) is 5.75 Å². The van der Waals surface area contributed by atoms with E-state index in [-0.39, 0.29) is 23.7 Å². The van der Waals surface area contributed by atoms with Gasteiger partial charge in [0, 0.05) is 36.7 Å². The third-order valence-electron chi connectivity index (χ3n) is 6.80. The minimum Gasteiger partial charge on any atom is -0.487 e. The van der Waals surface area contributed by atoms with Crippen LogP contribution in [0.25, 0.3) is 0 Å². The van der Waals surface area contributed by atoms with Crippen LogP contribution in [-0.4, -0.2) is 69.4 Å². The molecule has 1 N–H and O–H groups in total. The summed E-state index contributed by atoms with van der Waals surface area (Å²) in [6.07, 6.45) is -0.865. The van der Waals surface area contributed by atoms with Crippen LogP contribution in [0, 0.1) is 29.4 Å². The first-order valence-electron chi connectivity index (χ1n) is 12.8. The molecule has 4 rings (SSSR count). The van der Waals surface area contributed by atoms with Gasteiger partial charge in [0.1, 0.15) is 33.3 Å². The lowest BCUT2D eigenvalue weighted by atomic mass is 10.0. The van der Waals surface area contributed by atoms with E-state index in [1.54, 1.807) is 19.9 Å². The zero-order valence-corrected chi connectivity index (χ0v) is 24.3. The van der Waals surface area contributed by atoms with Gasteiger partial charge in [-0.1, -0.05) is 37.0 Å². The fraction of sp³-hybridized carbons (Fsp3) is 0.310. The number of aliphatic hydroxyl groups excluding tert-OH is 1. The van der Waals surface area contributed by atoms with Crippen molar-refractivity contribution in [3.63, 3.8) is 0 Å². The Kier molecular flexibility index (Phi) is 9.16. The fourth-order valence-corrected chi connectivity index (χ4v) is 7.47. The summed E-state index contributed by atoms with van der Waals surface area (Å²) in [6.45, 7) is 2.54. The van der Waals surface area contributed by atoms with Crippen molar-refractivity contribution in [2.75, 3.05) is 26.7 Å². The molecule has 3 aromatic carbocycles. The highest BCUT2D eigenvalue weighted by atomic mass is 32.2. The molecule has 0 aliphatic carbocycles. The lowest BCUT2D eigenvalue weighted by Gasteiger charge is -2.37. The van der Waals surface area contributed by atoms with Gasteiger partial charge in [0.2, 0.25) is 20.0 Å². The Bertz CT molecular complexity index is 1700. The zero-order valence-electron chi connectivity index (χ0n) is 22.7. The lowest BCUT2D eigenvalue weighted by molar-refractivity contribution is 0.0904.